The highest BCUT2D eigenvalue weighted by atomic mass is 35.5. The van der Waals surface area contributed by atoms with E-state index in [1.165, 1.54) is 5.56 Å². The number of anilines is 1. The van der Waals surface area contributed by atoms with E-state index in [-0.39, 0.29) is 0 Å². The maximum atomic E-state index is 12.5. The Morgan fingerprint density at radius 1 is 1.10 bits per heavy atom. The summed E-state index contributed by atoms with van der Waals surface area (Å²) in [6, 6.07) is 9.32. The van der Waals surface area contributed by atoms with Crippen LogP contribution in [0, 0.1) is 20.8 Å². The van der Waals surface area contributed by atoms with Crippen molar-refractivity contribution in [1.82, 2.24) is 0 Å². The highest BCUT2D eigenvalue weighted by Gasteiger charge is 2.13. The highest BCUT2D eigenvalue weighted by Crippen LogP contribution is 2.25. The molecule has 0 aliphatic heterocycles. The van der Waals surface area contributed by atoms with Gasteiger partial charge in [-0.15, -0.1) is 0 Å². The summed E-state index contributed by atoms with van der Waals surface area (Å²) in [4.78, 5) is 0.608. The van der Waals surface area contributed by atoms with E-state index in [0.29, 0.717) is 21.4 Å². The topological polar surface area (TPSA) is 43.1 Å². The number of aryl methyl sites for hydroxylation is 3. The molecule has 0 bridgehead atoms. The fourth-order valence-electron chi connectivity index (χ4n) is 2.35. The number of nitrogens with two attached hydrogens (primary N) is 1. The minimum atomic E-state index is -1.19. The monoisotopic (exact) mass is 307 g/mol. The Kier molecular flexibility index (Phi) is 4.51. The van der Waals surface area contributed by atoms with E-state index < -0.39 is 10.8 Å². The molecule has 1 atom stereocenters. The molecule has 4 heteroatoms. The lowest BCUT2D eigenvalue weighted by Crippen LogP contribution is -2.04. The predicted molar refractivity (Wildman–Crippen MR) is 86.6 cm³/mol. The highest BCUT2D eigenvalue weighted by molar-refractivity contribution is 7.84. The standard InChI is InChI=1S/C16H18ClNOS/c1-10-6-11(2)14(12(3)7-10)9-20(19)16-8-13(17)4-5-15(16)18/h4-8H,9,18H2,1-3H3. The molecule has 20 heavy (non-hydrogen) atoms. The van der Waals surface area contributed by atoms with E-state index in [2.05, 4.69) is 19.1 Å². The smallest absolute Gasteiger partial charge is 0.0635 e. The average molecular weight is 308 g/mol. The summed E-state index contributed by atoms with van der Waals surface area (Å²) in [5.41, 5.74) is 11.1. The van der Waals surface area contributed by atoms with Crippen molar-refractivity contribution in [3.8, 4) is 0 Å². The molecule has 2 rings (SSSR count). The van der Waals surface area contributed by atoms with Gasteiger partial charge >= 0.3 is 0 Å². The molecule has 0 amide bonds. The molecule has 0 fully saturated rings. The van der Waals surface area contributed by atoms with Crippen molar-refractivity contribution in [1.29, 1.82) is 0 Å². The third-order valence-corrected chi connectivity index (χ3v) is 4.97. The lowest BCUT2D eigenvalue weighted by Gasteiger charge is -2.12. The first-order valence-corrected chi connectivity index (χ1v) is 8.08. The minimum Gasteiger partial charge on any atom is -0.398 e. The van der Waals surface area contributed by atoms with Gasteiger partial charge in [0.2, 0.25) is 0 Å². The predicted octanol–water partition coefficient (Wildman–Crippen LogP) is 4.16. The summed E-state index contributed by atoms with van der Waals surface area (Å²) in [5.74, 6) is 0.461. The van der Waals surface area contributed by atoms with Crippen LogP contribution in [0.3, 0.4) is 0 Å². The molecule has 0 aliphatic rings. The van der Waals surface area contributed by atoms with Crippen molar-refractivity contribution in [3.05, 3.63) is 57.6 Å². The molecule has 2 aromatic carbocycles. The fourth-order valence-corrected chi connectivity index (χ4v) is 4.05. The molecule has 1 unspecified atom stereocenters. The van der Waals surface area contributed by atoms with Crippen molar-refractivity contribution in [2.45, 2.75) is 31.4 Å². The lowest BCUT2D eigenvalue weighted by atomic mass is 10.0. The van der Waals surface area contributed by atoms with Crippen LogP contribution < -0.4 is 5.73 Å². The first kappa shape index (κ1) is 15.1. The van der Waals surface area contributed by atoms with Gasteiger partial charge in [0, 0.05) is 10.7 Å². The molecule has 106 valence electrons. The number of rotatable bonds is 3. The zero-order valence-electron chi connectivity index (χ0n) is 11.9. The Morgan fingerprint density at radius 3 is 2.30 bits per heavy atom. The summed E-state index contributed by atoms with van der Waals surface area (Å²) >= 11 is 5.96. The van der Waals surface area contributed by atoms with Crippen molar-refractivity contribution in [2.24, 2.45) is 0 Å². The number of nitrogen functional groups attached to an aromatic ring is 1. The second kappa shape index (κ2) is 5.98. The summed E-state index contributed by atoms with van der Waals surface area (Å²) in [6.07, 6.45) is 0. The van der Waals surface area contributed by atoms with Gasteiger partial charge in [0.1, 0.15) is 0 Å². The van der Waals surface area contributed by atoms with Gasteiger partial charge in [0.15, 0.2) is 0 Å². The Morgan fingerprint density at radius 2 is 1.70 bits per heavy atom. The van der Waals surface area contributed by atoms with Gasteiger partial charge in [-0.1, -0.05) is 29.3 Å². The molecule has 0 saturated carbocycles. The molecular weight excluding hydrogens is 290 g/mol. The molecule has 2 nitrogen and oxygen atoms in total. The number of halogens is 1. The SMILES string of the molecule is Cc1cc(C)c(CS(=O)c2cc(Cl)ccc2N)c(C)c1. The summed E-state index contributed by atoms with van der Waals surface area (Å²) in [7, 11) is -1.19. The van der Waals surface area contributed by atoms with Crippen LogP contribution in [0.4, 0.5) is 5.69 Å². The van der Waals surface area contributed by atoms with Gasteiger partial charge in [0.05, 0.1) is 21.4 Å². The summed E-state index contributed by atoms with van der Waals surface area (Å²) in [5, 5.41) is 0.555. The first-order valence-electron chi connectivity index (χ1n) is 6.38. The third kappa shape index (κ3) is 3.22. The Hall–Kier alpha value is -1.32. The van der Waals surface area contributed by atoms with Crippen molar-refractivity contribution in [3.63, 3.8) is 0 Å². The molecule has 2 aromatic rings. The zero-order chi connectivity index (χ0) is 14.9. The van der Waals surface area contributed by atoms with Gasteiger partial charge in [-0.05, 0) is 55.7 Å². The van der Waals surface area contributed by atoms with E-state index in [9.17, 15) is 4.21 Å². The lowest BCUT2D eigenvalue weighted by molar-refractivity contribution is 0.682. The molecule has 2 N–H and O–H groups in total. The van der Waals surface area contributed by atoms with Crippen LogP contribution in [-0.2, 0) is 16.6 Å². The van der Waals surface area contributed by atoms with E-state index >= 15 is 0 Å². The van der Waals surface area contributed by atoms with Gasteiger partial charge < -0.3 is 5.73 Å². The van der Waals surface area contributed by atoms with Gasteiger partial charge in [-0.3, -0.25) is 4.21 Å². The fraction of sp³-hybridized carbons (Fsp3) is 0.250. The maximum absolute atomic E-state index is 12.5. The second-order valence-corrected chi connectivity index (χ2v) is 6.91. The van der Waals surface area contributed by atoms with Crippen molar-refractivity contribution < 1.29 is 4.21 Å². The van der Waals surface area contributed by atoms with E-state index in [1.807, 2.05) is 13.8 Å². The second-order valence-electron chi connectivity index (χ2n) is 5.05. The minimum absolute atomic E-state index is 0.461. The molecule has 0 aromatic heterocycles. The summed E-state index contributed by atoms with van der Waals surface area (Å²) in [6.45, 7) is 6.16. The van der Waals surface area contributed by atoms with E-state index in [1.54, 1.807) is 18.2 Å². The zero-order valence-corrected chi connectivity index (χ0v) is 13.4. The number of hydrogen-bond acceptors (Lipinski definition) is 2. The largest absolute Gasteiger partial charge is 0.398 e. The van der Waals surface area contributed by atoms with Crippen molar-refractivity contribution in [2.75, 3.05) is 5.73 Å². The van der Waals surface area contributed by atoms with Gasteiger partial charge in [-0.2, -0.15) is 0 Å². The van der Waals surface area contributed by atoms with E-state index in [4.69, 9.17) is 17.3 Å². The van der Waals surface area contributed by atoms with Crippen LogP contribution in [0.15, 0.2) is 35.2 Å². The molecule has 0 spiro atoms. The normalized spacial score (nSPS) is 12.4. The van der Waals surface area contributed by atoms with Crippen LogP contribution >= 0.6 is 11.6 Å². The Labute approximate surface area is 127 Å². The molecule has 0 saturated heterocycles. The van der Waals surface area contributed by atoms with Crippen LogP contribution in [0.5, 0.6) is 0 Å². The van der Waals surface area contributed by atoms with Crippen LogP contribution in [0.25, 0.3) is 0 Å². The average Bonchev–Trinajstić information content (AvgIpc) is 2.36. The first-order chi connectivity index (χ1) is 9.38. The third-order valence-electron chi connectivity index (χ3n) is 3.34. The Bertz CT molecular complexity index is 659. The van der Waals surface area contributed by atoms with Gasteiger partial charge in [-0.25, -0.2) is 0 Å². The number of hydrogen-bond donors (Lipinski definition) is 1. The molecule has 0 radical (unpaired) electrons. The number of benzene rings is 2. The van der Waals surface area contributed by atoms with Crippen LogP contribution in [0.1, 0.15) is 22.3 Å². The van der Waals surface area contributed by atoms with Crippen molar-refractivity contribution >= 4 is 28.1 Å². The summed E-state index contributed by atoms with van der Waals surface area (Å²) < 4.78 is 12.5. The van der Waals surface area contributed by atoms with E-state index in [0.717, 1.165) is 16.7 Å². The van der Waals surface area contributed by atoms with Crippen LogP contribution in [0.2, 0.25) is 5.02 Å². The quantitative estimate of drug-likeness (QED) is 0.865. The maximum Gasteiger partial charge on any atom is 0.0635 e. The molecule has 0 heterocycles. The molecular formula is C16H18ClNOS. The molecule has 0 aliphatic carbocycles. The Balaban J connectivity index is 2.35. The van der Waals surface area contributed by atoms with Gasteiger partial charge in [0.25, 0.3) is 0 Å². The van der Waals surface area contributed by atoms with Crippen LogP contribution in [-0.4, -0.2) is 4.21 Å².